The lowest BCUT2D eigenvalue weighted by atomic mass is 9.91. The molecule has 0 saturated carbocycles. The van der Waals surface area contributed by atoms with Crippen LogP contribution >= 0.6 is 0 Å². The van der Waals surface area contributed by atoms with Gasteiger partial charge in [-0.15, -0.1) is 0 Å². The molecular weight excluding hydrogens is 352 g/mol. The fourth-order valence-electron chi connectivity index (χ4n) is 4.00. The van der Waals surface area contributed by atoms with E-state index in [-0.39, 0.29) is 11.8 Å². The number of hydrogen-bond acceptors (Lipinski definition) is 4. The molecule has 1 aliphatic heterocycles. The number of carbonyl (C=O) groups is 1. The van der Waals surface area contributed by atoms with Crippen molar-refractivity contribution in [1.29, 1.82) is 0 Å². The number of H-pyrrole nitrogens is 2. The van der Waals surface area contributed by atoms with Gasteiger partial charge in [0.05, 0.1) is 29.8 Å². The third-order valence-electron chi connectivity index (χ3n) is 5.42. The van der Waals surface area contributed by atoms with Crippen molar-refractivity contribution in [2.75, 3.05) is 6.54 Å². The second-order valence-electron chi connectivity index (χ2n) is 7.17. The summed E-state index contributed by atoms with van der Waals surface area (Å²) in [6.07, 6.45) is 3.63. The first-order chi connectivity index (χ1) is 13.8. The van der Waals surface area contributed by atoms with E-state index in [4.69, 9.17) is 0 Å². The number of rotatable bonds is 4. The van der Waals surface area contributed by atoms with Crippen LogP contribution in [-0.4, -0.2) is 42.7 Å². The van der Waals surface area contributed by atoms with Crippen LogP contribution in [0.3, 0.4) is 0 Å². The van der Waals surface area contributed by atoms with E-state index >= 15 is 0 Å². The Balaban J connectivity index is 1.40. The Kier molecular flexibility index (Phi) is 4.12. The second kappa shape index (κ2) is 6.92. The normalized spacial score (nSPS) is 16.3. The summed E-state index contributed by atoms with van der Waals surface area (Å²) in [4.78, 5) is 22.9. The zero-order valence-corrected chi connectivity index (χ0v) is 15.3. The summed E-state index contributed by atoms with van der Waals surface area (Å²) < 4.78 is 0. The first kappa shape index (κ1) is 16.7. The zero-order valence-electron chi connectivity index (χ0n) is 15.3. The SMILES string of the molecule is O=C(c1cccc2n[nH]nc12)N1Cc2[nH]cnc2C(CCc2ccccc2)C1. The number of hydrogen-bond donors (Lipinski definition) is 2. The third kappa shape index (κ3) is 2.94. The van der Waals surface area contributed by atoms with E-state index in [9.17, 15) is 4.79 Å². The number of amides is 1. The number of aromatic nitrogens is 5. The molecule has 0 fully saturated rings. The third-order valence-corrected chi connectivity index (χ3v) is 5.42. The molecule has 7 nitrogen and oxygen atoms in total. The molecule has 0 radical (unpaired) electrons. The minimum atomic E-state index is -0.0236. The quantitative estimate of drug-likeness (QED) is 0.576. The van der Waals surface area contributed by atoms with E-state index in [2.05, 4.69) is 49.6 Å². The van der Waals surface area contributed by atoms with Crippen molar-refractivity contribution in [2.24, 2.45) is 0 Å². The predicted molar refractivity (Wildman–Crippen MR) is 105 cm³/mol. The minimum Gasteiger partial charge on any atom is -0.347 e. The van der Waals surface area contributed by atoms with Crippen LogP contribution in [0.2, 0.25) is 0 Å². The first-order valence-electron chi connectivity index (χ1n) is 9.44. The molecule has 28 heavy (non-hydrogen) atoms. The van der Waals surface area contributed by atoms with Crippen molar-refractivity contribution in [3.8, 4) is 0 Å². The highest BCUT2D eigenvalue weighted by Crippen LogP contribution is 2.31. The number of nitrogens with zero attached hydrogens (tertiary/aromatic N) is 4. The highest BCUT2D eigenvalue weighted by molar-refractivity contribution is 6.04. The number of para-hydroxylation sites is 1. The average molecular weight is 372 g/mol. The molecule has 0 aliphatic carbocycles. The molecule has 1 aliphatic rings. The molecule has 4 aromatic rings. The number of aryl methyl sites for hydroxylation is 1. The summed E-state index contributed by atoms with van der Waals surface area (Å²) in [6.45, 7) is 1.18. The summed E-state index contributed by atoms with van der Waals surface area (Å²) in [6, 6.07) is 15.9. The van der Waals surface area contributed by atoms with Crippen molar-refractivity contribution in [3.05, 3.63) is 77.4 Å². The van der Waals surface area contributed by atoms with Crippen molar-refractivity contribution in [1.82, 2.24) is 30.3 Å². The molecule has 2 N–H and O–H groups in total. The minimum absolute atomic E-state index is 0.0236. The predicted octanol–water partition coefficient (Wildman–Crippen LogP) is 3.05. The van der Waals surface area contributed by atoms with Crippen LogP contribution in [0.4, 0.5) is 0 Å². The van der Waals surface area contributed by atoms with Gasteiger partial charge in [0.15, 0.2) is 0 Å². The molecule has 0 bridgehead atoms. The number of fused-ring (bicyclic) bond motifs is 2. The Hall–Kier alpha value is -3.48. The molecule has 3 heterocycles. The van der Waals surface area contributed by atoms with Crippen molar-refractivity contribution in [3.63, 3.8) is 0 Å². The lowest BCUT2D eigenvalue weighted by Gasteiger charge is -2.32. The van der Waals surface area contributed by atoms with Gasteiger partial charge in [-0.2, -0.15) is 15.4 Å². The largest absolute Gasteiger partial charge is 0.347 e. The smallest absolute Gasteiger partial charge is 0.256 e. The van der Waals surface area contributed by atoms with Gasteiger partial charge in [-0.25, -0.2) is 4.98 Å². The van der Waals surface area contributed by atoms with Gasteiger partial charge in [-0.3, -0.25) is 4.79 Å². The Morgan fingerprint density at radius 2 is 2.00 bits per heavy atom. The van der Waals surface area contributed by atoms with E-state index in [0.29, 0.717) is 29.7 Å². The Morgan fingerprint density at radius 3 is 2.89 bits per heavy atom. The molecule has 1 unspecified atom stereocenters. The summed E-state index contributed by atoms with van der Waals surface area (Å²) >= 11 is 0. The summed E-state index contributed by atoms with van der Waals surface area (Å²) in [5.41, 5.74) is 5.30. The van der Waals surface area contributed by atoms with E-state index in [0.717, 1.165) is 24.2 Å². The molecule has 7 heteroatoms. The highest BCUT2D eigenvalue weighted by atomic mass is 16.2. The molecule has 0 spiro atoms. The summed E-state index contributed by atoms with van der Waals surface area (Å²) in [5, 5.41) is 10.9. The maximum atomic E-state index is 13.3. The van der Waals surface area contributed by atoms with Crippen LogP contribution in [-0.2, 0) is 13.0 Å². The maximum absolute atomic E-state index is 13.3. The highest BCUT2D eigenvalue weighted by Gasteiger charge is 2.31. The molecule has 1 atom stereocenters. The Bertz CT molecular complexity index is 1120. The molecular formula is C21H20N6O. The van der Waals surface area contributed by atoms with Crippen LogP contribution in [0.25, 0.3) is 11.0 Å². The summed E-state index contributed by atoms with van der Waals surface area (Å²) in [7, 11) is 0. The van der Waals surface area contributed by atoms with Gasteiger partial charge < -0.3 is 9.88 Å². The van der Waals surface area contributed by atoms with Crippen molar-refractivity contribution < 1.29 is 4.79 Å². The number of imidazole rings is 1. The van der Waals surface area contributed by atoms with Gasteiger partial charge in [0.1, 0.15) is 11.0 Å². The van der Waals surface area contributed by atoms with Crippen LogP contribution in [0.1, 0.15) is 39.6 Å². The van der Waals surface area contributed by atoms with Gasteiger partial charge in [-0.1, -0.05) is 36.4 Å². The van der Waals surface area contributed by atoms with Crippen molar-refractivity contribution in [2.45, 2.75) is 25.3 Å². The van der Waals surface area contributed by atoms with Gasteiger partial charge >= 0.3 is 0 Å². The number of nitrogens with one attached hydrogen (secondary N) is 2. The van der Waals surface area contributed by atoms with Gasteiger partial charge in [0, 0.05) is 12.5 Å². The molecule has 5 rings (SSSR count). The molecule has 2 aromatic carbocycles. The molecule has 0 saturated heterocycles. The van der Waals surface area contributed by atoms with E-state index in [1.165, 1.54) is 5.56 Å². The number of aromatic amines is 2. The standard InChI is InChI=1S/C21H20N6O/c28-21(16-7-4-8-17-20(16)25-26-24-17)27-11-15(19-18(12-27)22-13-23-19)10-9-14-5-2-1-3-6-14/h1-8,13,15H,9-12H2,(H,22,23)(H,24,25,26). The summed E-state index contributed by atoms with van der Waals surface area (Å²) in [5.74, 6) is 0.181. The topological polar surface area (TPSA) is 90.6 Å². The lowest BCUT2D eigenvalue weighted by molar-refractivity contribution is 0.0713. The van der Waals surface area contributed by atoms with Crippen LogP contribution in [0, 0.1) is 0 Å². The van der Waals surface area contributed by atoms with Crippen LogP contribution in [0.15, 0.2) is 54.9 Å². The first-order valence-corrected chi connectivity index (χ1v) is 9.44. The van der Waals surface area contributed by atoms with E-state index in [1.807, 2.05) is 29.2 Å². The zero-order chi connectivity index (χ0) is 18.9. The molecule has 2 aromatic heterocycles. The van der Waals surface area contributed by atoms with Crippen molar-refractivity contribution >= 4 is 16.9 Å². The van der Waals surface area contributed by atoms with Gasteiger partial charge in [-0.05, 0) is 30.5 Å². The average Bonchev–Trinajstić information content (AvgIpc) is 3.41. The lowest BCUT2D eigenvalue weighted by Crippen LogP contribution is -2.38. The van der Waals surface area contributed by atoms with Crippen LogP contribution in [0.5, 0.6) is 0 Å². The number of carbonyl (C=O) groups excluding carboxylic acids is 1. The monoisotopic (exact) mass is 372 g/mol. The van der Waals surface area contributed by atoms with Crippen LogP contribution < -0.4 is 0 Å². The molecule has 1 amide bonds. The maximum Gasteiger partial charge on any atom is 0.256 e. The molecule has 140 valence electrons. The van der Waals surface area contributed by atoms with E-state index < -0.39 is 0 Å². The number of benzene rings is 2. The Morgan fingerprint density at radius 1 is 1.11 bits per heavy atom. The van der Waals surface area contributed by atoms with Gasteiger partial charge in [0.2, 0.25) is 0 Å². The second-order valence-corrected chi connectivity index (χ2v) is 7.17. The van der Waals surface area contributed by atoms with Gasteiger partial charge in [0.25, 0.3) is 5.91 Å². The Labute approximate surface area is 161 Å². The fourth-order valence-corrected chi connectivity index (χ4v) is 4.00. The fraction of sp³-hybridized carbons (Fsp3) is 0.238. The van der Waals surface area contributed by atoms with E-state index in [1.54, 1.807) is 6.33 Å².